The number of rotatable bonds is 8. The Bertz CT molecular complexity index is 974. The van der Waals surface area contributed by atoms with Crippen molar-refractivity contribution < 1.29 is 4.74 Å². The third kappa shape index (κ3) is 5.35. The van der Waals surface area contributed by atoms with Gasteiger partial charge in [-0.1, -0.05) is 24.3 Å². The van der Waals surface area contributed by atoms with Gasteiger partial charge in [0.05, 0.1) is 23.7 Å². The minimum absolute atomic E-state index is 0.572. The molecule has 2 aromatic carbocycles. The second kappa shape index (κ2) is 10.1. The molecule has 0 saturated carbocycles. The quantitative estimate of drug-likeness (QED) is 0.543. The van der Waals surface area contributed by atoms with Gasteiger partial charge < -0.3 is 9.64 Å². The summed E-state index contributed by atoms with van der Waals surface area (Å²) in [6.07, 6.45) is 2.12. The Morgan fingerprint density at radius 3 is 2.35 bits per heavy atom. The number of piperazine rings is 1. The first kappa shape index (κ1) is 21.6. The molecule has 1 aromatic heterocycles. The molecule has 1 fully saturated rings. The lowest BCUT2D eigenvalue weighted by molar-refractivity contribution is 0.179. The highest BCUT2D eigenvalue weighted by atomic mass is 16.5. The first-order valence-electron chi connectivity index (χ1n) is 11.3. The van der Waals surface area contributed by atoms with Gasteiger partial charge in [0.15, 0.2) is 0 Å². The largest absolute Gasteiger partial charge is 0.378 e. The van der Waals surface area contributed by atoms with Crippen LogP contribution in [-0.2, 0) is 17.8 Å². The normalized spacial score (nSPS) is 14.9. The summed E-state index contributed by atoms with van der Waals surface area (Å²) in [6.45, 7) is 10.5. The third-order valence-corrected chi connectivity index (χ3v) is 6.26. The Balaban J connectivity index is 1.29. The fraction of sp³-hybridized carbons (Fsp3) is 0.423. The summed E-state index contributed by atoms with van der Waals surface area (Å²) in [7, 11) is 1.74. The third-order valence-electron chi connectivity index (χ3n) is 6.26. The number of hydrogen-bond acceptors (Lipinski definition) is 4. The van der Waals surface area contributed by atoms with Gasteiger partial charge in [-0.2, -0.15) is 5.10 Å². The molecule has 31 heavy (non-hydrogen) atoms. The summed E-state index contributed by atoms with van der Waals surface area (Å²) in [6, 6.07) is 19.3. The van der Waals surface area contributed by atoms with E-state index in [-0.39, 0.29) is 0 Å². The van der Waals surface area contributed by atoms with Gasteiger partial charge in [-0.15, -0.1) is 0 Å². The minimum atomic E-state index is 0.572. The maximum absolute atomic E-state index is 5.39. The van der Waals surface area contributed by atoms with Gasteiger partial charge >= 0.3 is 0 Å². The standard InChI is InChI=1S/C26H34N4O/c1-21-11-12-25(18-22(21)2)29-16-14-28(15-17-29)13-7-8-23-19-26(20-31-3)30(27-23)24-9-5-4-6-10-24/h4-6,9-12,18-19H,7-8,13-17,20H2,1-3H3. The molecule has 0 spiro atoms. The Labute approximate surface area is 186 Å². The molecule has 3 aromatic rings. The van der Waals surface area contributed by atoms with Gasteiger partial charge in [-0.3, -0.25) is 4.90 Å². The van der Waals surface area contributed by atoms with Crippen LogP contribution in [0.5, 0.6) is 0 Å². The van der Waals surface area contributed by atoms with Crippen molar-refractivity contribution in [2.24, 2.45) is 0 Å². The van der Waals surface area contributed by atoms with Crippen molar-refractivity contribution in [2.45, 2.75) is 33.3 Å². The summed E-state index contributed by atoms with van der Waals surface area (Å²) in [5, 5.41) is 4.86. The first-order valence-corrected chi connectivity index (χ1v) is 11.3. The molecule has 4 rings (SSSR count). The number of anilines is 1. The van der Waals surface area contributed by atoms with E-state index in [0.717, 1.165) is 62.6 Å². The molecule has 5 heteroatoms. The van der Waals surface area contributed by atoms with Gasteiger partial charge in [-0.25, -0.2) is 4.68 Å². The smallest absolute Gasteiger partial charge is 0.0885 e. The maximum Gasteiger partial charge on any atom is 0.0885 e. The molecule has 164 valence electrons. The van der Waals surface area contributed by atoms with Crippen molar-refractivity contribution in [1.82, 2.24) is 14.7 Å². The Morgan fingerprint density at radius 2 is 1.65 bits per heavy atom. The number of methoxy groups -OCH3 is 1. The average Bonchev–Trinajstić information content (AvgIpc) is 3.20. The van der Waals surface area contributed by atoms with Crippen LogP contribution in [0.1, 0.15) is 28.9 Å². The molecule has 2 heterocycles. The second-order valence-corrected chi connectivity index (χ2v) is 8.51. The lowest BCUT2D eigenvalue weighted by Crippen LogP contribution is -2.46. The van der Waals surface area contributed by atoms with E-state index in [0.29, 0.717) is 6.61 Å². The summed E-state index contributed by atoms with van der Waals surface area (Å²) in [5.74, 6) is 0. The van der Waals surface area contributed by atoms with E-state index in [1.807, 2.05) is 22.9 Å². The first-order chi connectivity index (χ1) is 15.1. The zero-order valence-electron chi connectivity index (χ0n) is 19.1. The fourth-order valence-corrected chi connectivity index (χ4v) is 4.28. The van der Waals surface area contributed by atoms with E-state index in [9.17, 15) is 0 Å². The highest BCUT2D eigenvalue weighted by molar-refractivity contribution is 5.51. The Hall–Kier alpha value is -2.63. The molecule has 1 saturated heterocycles. The monoisotopic (exact) mass is 418 g/mol. The van der Waals surface area contributed by atoms with Gasteiger partial charge in [0.2, 0.25) is 0 Å². The number of nitrogens with zero attached hydrogens (tertiary/aromatic N) is 4. The molecule has 5 nitrogen and oxygen atoms in total. The number of benzene rings is 2. The minimum Gasteiger partial charge on any atom is -0.378 e. The SMILES string of the molecule is COCc1cc(CCCN2CCN(c3ccc(C)c(C)c3)CC2)nn1-c1ccccc1. The van der Waals surface area contributed by atoms with Gasteiger partial charge in [0.1, 0.15) is 0 Å². The van der Waals surface area contributed by atoms with Gasteiger partial charge in [0, 0.05) is 39.0 Å². The molecular weight excluding hydrogens is 384 g/mol. The van der Waals surface area contributed by atoms with Crippen LogP contribution in [0.15, 0.2) is 54.6 Å². The predicted molar refractivity (Wildman–Crippen MR) is 127 cm³/mol. The van der Waals surface area contributed by atoms with Crippen molar-refractivity contribution in [3.8, 4) is 5.69 Å². The second-order valence-electron chi connectivity index (χ2n) is 8.51. The molecular formula is C26H34N4O. The van der Waals surface area contributed by atoms with Crippen LogP contribution in [0.25, 0.3) is 5.69 Å². The summed E-state index contributed by atoms with van der Waals surface area (Å²) in [4.78, 5) is 5.10. The number of aryl methyl sites for hydroxylation is 3. The topological polar surface area (TPSA) is 33.5 Å². The molecule has 0 radical (unpaired) electrons. The van der Waals surface area contributed by atoms with Crippen LogP contribution in [0.3, 0.4) is 0 Å². The number of aromatic nitrogens is 2. The summed E-state index contributed by atoms with van der Waals surface area (Å²) >= 11 is 0. The number of para-hydroxylation sites is 1. The average molecular weight is 419 g/mol. The lowest BCUT2D eigenvalue weighted by atomic mass is 10.1. The van der Waals surface area contributed by atoms with Crippen LogP contribution in [-0.4, -0.2) is 54.5 Å². The van der Waals surface area contributed by atoms with E-state index in [1.165, 1.54) is 16.8 Å². The van der Waals surface area contributed by atoms with E-state index < -0.39 is 0 Å². The van der Waals surface area contributed by atoms with Gasteiger partial charge in [0.25, 0.3) is 0 Å². The molecule has 0 aliphatic carbocycles. The molecule has 1 aliphatic heterocycles. The van der Waals surface area contributed by atoms with Crippen LogP contribution in [0, 0.1) is 13.8 Å². The molecule has 0 amide bonds. The molecule has 0 unspecified atom stereocenters. The highest BCUT2D eigenvalue weighted by Crippen LogP contribution is 2.20. The Kier molecular flexibility index (Phi) is 7.05. The fourth-order valence-electron chi connectivity index (χ4n) is 4.28. The predicted octanol–water partition coefficient (Wildman–Crippen LogP) is 4.39. The number of hydrogen-bond donors (Lipinski definition) is 0. The summed E-state index contributed by atoms with van der Waals surface area (Å²) < 4.78 is 7.40. The van der Waals surface area contributed by atoms with E-state index in [1.54, 1.807) is 7.11 Å². The van der Waals surface area contributed by atoms with Crippen molar-refractivity contribution >= 4 is 5.69 Å². The Morgan fingerprint density at radius 1 is 0.871 bits per heavy atom. The lowest BCUT2D eigenvalue weighted by Gasteiger charge is -2.36. The summed E-state index contributed by atoms with van der Waals surface area (Å²) in [5.41, 5.74) is 7.44. The molecule has 0 atom stereocenters. The van der Waals surface area contributed by atoms with E-state index in [2.05, 4.69) is 60.0 Å². The number of ether oxygens (including phenoxy) is 1. The van der Waals surface area contributed by atoms with E-state index in [4.69, 9.17) is 9.84 Å². The maximum atomic E-state index is 5.39. The van der Waals surface area contributed by atoms with Crippen molar-refractivity contribution in [3.63, 3.8) is 0 Å². The van der Waals surface area contributed by atoms with Crippen molar-refractivity contribution in [1.29, 1.82) is 0 Å². The molecule has 1 aliphatic rings. The molecule has 0 bridgehead atoms. The van der Waals surface area contributed by atoms with Crippen LogP contribution in [0.4, 0.5) is 5.69 Å². The van der Waals surface area contributed by atoms with Crippen LogP contribution >= 0.6 is 0 Å². The van der Waals surface area contributed by atoms with Crippen molar-refractivity contribution in [3.05, 3.63) is 77.1 Å². The van der Waals surface area contributed by atoms with Gasteiger partial charge in [-0.05, 0) is 74.7 Å². The van der Waals surface area contributed by atoms with Crippen molar-refractivity contribution in [2.75, 3.05) is 44.7 Å². The zero-order valence-corrected chi connectivity index (χ0v) is 19.1. The van der Waals surface area contributed by atoms with Crippen LogP contribution in [0.2, 0.25) is 0 Å². The molecule has 0 N–H and O–H groups in total. The zero-order chi connectivity index (χ0) is 21.6. The van der Waals surface area contributed by atoms with E-state index >= 15 is 0 Å². The highest BCUT2D eigenvalue weighted by Gasteiger charge is 2.17. The van der Waals surface area contributed by atoms with Crippen LogP contribution < -0.4 is 4.90 Å².